The Labute approximate surface area is 108 Å². The molecule has 0 spiro atoms. The normalized spacial score (nSPS) is 12.8. The molecule has 1 aromatic rings. The fourth-order valence-electron chi connectivity index (χ4n) is 1.88. The molecule has 0 heterocycles. The van der Waals surface area contributed by atoms with Gasteiger partial charge in [-0.2, -0.15) is 0 Å². The summed E-state index contributed by atoms with van der Waals surface area (Å²) in [6.45, 7) is 2.21. The van der Waals surface area contributed by atoms with E-state index in [9.17, 15) is 0 Å². The molecule has 0 aromatic heterocycles. The van der Waals surface area contributed by atoms with Crippen molar-refractivity contribution in [2.45, 2.75) is 38.6 Å². The molecule has 1 nitrogen and oxygen atoms in total. The largest absolute Gasteiger partial charge is 0.313 e. The van der Waals surface area contributed by atoms with E-state index >= 15 is 0 Å². The van der Waals surface area contributed by atoms with Crippen molar-refractivity contribution in [3.05, 3.63) is 33.8 Å². The topological polar surface area (TPSA) is 12.0 Å². The van der Waals surface area contributed by atoms with Crippen molar-refractivity contribution in [2.75, 3.05) is 7.05 Å². The highest BCUT2D eigenvalue weighted by atomic mass is 35.5. The van der Waals surface area contributed by atoms with Crippen LogP contribution in [0.25, 0.3) is 0 Å². The van der Waals surface area contributed by atoms with E-state index in [0.717, 1.165) is 22.0 Å². The molecule has 0 radical (unpaired) electrons. The first-order valence-electron chi connectivity index (χ1n) is 5.81. The number of unbranched alkanes of at least 4 members (excludes halogenated alkanes) is 2. The van der Waals surface area contributed by atoms with Crippen molar-refractivity contribution in [3.8, 4) is 0 Å². The maximum atomic E-state index is 6.19. The second-order valence-electron chi connectivity index (χ2n) is 3.97. The van der Waals surface area contributed by atoms with Crippen molar-refractivity contribution >= 4 is 23.2 Å². The maximum Gasteiger partial charge on any atom is 0.0468 e. The Bertz CT molecular complexity index is 305. The van der Waals surface area contributed by atoms with Crippen molar-refractivity contribution in [3.63, 3.8) is 0 Å². The second kappa shape index (κ2) is 7.16. The predicted molar refractivity (Wildman–Crippen MR) is 72.4 cm³/mol. The lowest BCUT2D eigenvalue weighted by molar-refractivity contribution is 0.512. The average molecular weight is 260 g/mol. The molecule has 1 rings (SSSR count). The summed E-state index contributed by atoms with van der Waals surface area (Å²) in [6, 6.07) is 5.93. The first-order chi connectivity index (χ1) is 7.70. The molecule has 0 aliphatic rings. The fraction of sp³-hybridized carbons (Fsp3) is 0.538. The van der Waals surface area contributed by atoms with Crippen LogP contribution in [0.1, 0.15) is 44.2 Å². The van der Waals surface area contributed by atoms with Crippen LogP contribution in [0, 0.1) is 0 Å². The first kappa shape index (κ1) is 13.8. The van der Waals surface area contributed by atoms with Crippen LogP contribution in [0.5, 0.6) is 0 Å². The van der Waals surface area contributed by atoms with Gasteiger partial charge in [0.15, 0.2) is 0 Å². The summed E-state index contributed by atoms with van der Waals surface area (Å²) in [5, 5.41) is 4.80. The highest BCUT2D eigenvalue weighted by molar-refractivity contribution is 6.36. The minimum atomic E-state index is 0.257. The summed E-state index contributed by atoms with van der Waals surface area (Å²) in [4.78, 5) is 0. The van der Waals surface area contributed by atoms with Crippen molar-refractivity contribution in [1.82, 2.24) is 5.32 Å². The van der Waals surface area contributed by atoms with Gasteiger partial charge in [0.2, 0.25) is 0 Å². The lowest BCUT2D eigenvalue weighted by Gasteiger charge is -2.19. The lowest BCUT2D eigenvalue weighted by atomic mass is 10.0. The molecule has 0 aliphatic heterocycles. The maximum absolute atomic E-state index is 6.19. The van der Waals surface area contributed by atoms with Gasteiger partial charge < -0.3 is 5.32 Å². The van der Waals surface area contributed by atoms with E-state index in [2.05, 4.69) is 12.2 Å². The highest BCUT2D eigenvalue weighted by Gasteiger charge is 2.15. The van der Waals surface area contributed by atoms with E-state index in [4.69, 9.17) is 23.2 Å². The third-order valence-electron chi connectivity index (χ3n) is 2.79. The Morgan fingerprint density at radius 2 is 1.81 bits per heavy atom. The van der Waals surface area contributed by atoms with Crippen LogP contribution >= 0.6 is 23.2 Å². The van der Waals surface area contributed by atoms with E-state index in [0.29, 0.717) is 0 Å². The Hall–Kier alpha value is -0.240. The first-order valence-corrected chi connectivity index (χ1v) is 6.57. The van der Waals surface area contributed by atoms with E-state index in [1.54, 1.807) is 0 Å². The fourth-order valence-corrected chi connectivity index (χ4v) is 2.54. The zero-order valence-corrected chi connectivity index (χ0v) is 11.4. The molecular weight excluding hydrogens is 241 g/mol. The SMILES string of the molecule is CCCCCC(NC)c1c(Cl)cccc1Cl. The van der Waals surface area contributed by atoms with Crippen LogP contribution in [0.4, 0.5) is 0 Å². The molecule has 0 saturated carbocycles. The van der Waals surface area contributed by atoms with Crippen molar-refractivity contribution in [2.24, 2.45) is 0 Å². The van der Waals surface area contributed by atoms with Gasteiger partial charge in [0.1, 0.15) is 0 Å². The van der Waals surface area contributed by atoms with Gasteiger partial charge in [0.25, 0.3) is 0 Å². The van der Waals surface area contributed by atoms with E-state index in [1.807, 2.05) is 25.2 Å². The number of benzene rings is 1. The zero-order chi connectivity index (χ0) is 12.0. The van der Waals surface area contributed by atoms with Gasteiger partial charge in [0, 0.05) is 21.7 Å². The molecule has 1 N–H and O–H groups in total. The summed E-state index contributed by atoms with van der Waals surface area (Å²) < 4.78 is 0. The molecule has 90 valence electrons. The van der Waals surface area contributed by atoms with Gasteiger partial charge in [-0.15, -0.1) is 0 Å². The summed E-state index contributed by atoms with van der Waals surface area (Å²) in [7, 11) is 1.95. The quantitative estimate of drug-likeness (QED) is 0.722. The predicted octanol–water partition coefficient (Wildman–Crippen LogP) is 4.83. The van der Waals surface area contributed by atoms with E-state index in [1.165, 1.54) is 19.3 Å². The number of halogens is 2. The zero-order valence-electron chi connectivity index (χ0n) is 9.89. The molecule has 1 atom stereocenters. The Morgan fingerprint density at radius 1 is 1.19 bits per heavy atom. The van der Waals surface area contributed by atoms with Crippen LogP contribution < -0.4 is 5.32 Å². The molecule has 0 saturated heterocycles. The van der Waals surface area contributed by atoms with Crippen LogP contribution in [-0.4, -0.2) is 7.05 Å². The molecule has 1 aromatic carbocycles. The smallest absolute Gasteiger partial charge is 0.0468 e. The van der Waals surface area contributed by atoms with E-state index in [-0.39, 0.29) is 6.04 Å². The Balaban J connectivity index is 2.78. The van der Waals surface area contributed by atoms with Gasteiger partial charge in [-0.25, -0.2) is 0 Å². The van der Waals surface area contributed by atoms with E-state index < -0.39 is 0 Å². The molecule has 1 unspecified atom stereocenters. The highest BCUT2D eigenvalue weighted by Crippen LogP contribution is 2.32. The average Bonchev–Trinajstić information content (AvgIpc) is 2.26. The number of rotatable bonds is 6. The van der Waals surface area contributed by atoms with Crippen LogP contribution in [-0.2, 0) is 0 Å². The van der Waals surface area contributed by atoms with Crippen molar-refractivity contribution in [1.29, 1.82) is 0 Å². The molecule has 3 heteroatoms. The second-order valence-corrected chi connectivity index (χ2v) is 4.79. The van der Waals surface area contributed by atoms with Crippen LogP contribution in [0.15, 0.2) is 18.2 Å². The summed E-state index contributed by atoms with van der Waals surface area (Å²) in [6.07, 6.45) is 4.75. The van der Waals surface area contributed by atoms with Crippen LogP contribution in [0.2, 0.25) is 10.0 Å². The number of hydrogen-bond acceptors (Lipinski definition) is 1. The lowest BCUT2D eigenvalue weighted by Crippen LogP contribution is -2.17. The van der Waals surface area contributed by atoms with Crippen LogP contribution in [0.3, 0.4) is 0 Å². The molecular formula is C13H19Cl2N. The minimum absolute atomic E-state index is 0.257. The summed E-state index contributed by atoms with van der Waals surface area (Å²) >= 11 is 12.4. The third-order valence-corrected chi connectivity index (χ3v) is 3.45. The summed E-state index contributed by atoms with van der Waals surface area (Å²) in [5.74, 6) is 0. The molecule has 0 fully saturated rings. The molecule has 0 bridgehead atoms. The Morgan fingerprint density at radius 3 is 2.31 bits per heavy atom. The number of hydrogen-bond donors (Lipinski definition) is 1. The minimum Gasteiger partial charge on any atom is -0.313 e. The molecule has 16 heavy (non-hydrogen) atoms. The molecule has 0 amide bonds. The van der Waals surface area contributed by atoms with Gasteiger partial charge in [0.05, 0.1) is 0 Å². The molecule has 0 aliphatic carbocycles. The third kappa shape index (κ3) is 3.65. The van der Waals surface area contributed by atoms with Gasteiger partial charge in [-0.1, -0.05) is 55.5 Å². The standard InChI is InChI=1S/C13H19Cl2N/c1-3-4-5-9-12(16-2)13-10(14)7-6-8-11(13)15/h6-8,12,16H,3-5,9H2,1-2H3. The van der Waals surface area contributed by atoms with Gasteiger partial charge in [-0.3, -0.25) is 0 Å². The number of nitrogens with one attached hydrogen (secondary N) is 1. The monoisotopic (exact) mass is 259 g/mol. The van der Waals surface area contributed by atoms with Gasteiger partial charge in [-0.05, 0) is 25.6 Å². The summed E-state index contributed by atoms with van der Waals surface area (Å²) in [5.41, 5.74) is 1.03. The van der Waals surface area contributed by atoms with Gasteiger partial charge >= 0.3 is 0 Å². The Kier molecular flexibility index (Phi) is 6.18. The van der Waals surface area contributed by atoms with Crippen molar-refractivity contribution < 1.29 is 0 Å².